The van der Waals surface area contributed by atoms with Gasteiger partial charge in [-0.1, -0.05) is 6.58 Å². The number of hydrogen-bond acceptors (Lipinski definition) is 3. The van der Waals surface area contributed by atoms with Gasteiger partial charge in [-0.25, -0.2) is 0 Å². The Labute approximate surface area is 74.5 Å². The fraction of sp³-hybridized carbons (Fsp3) is 0.778. The number of nitrogens with two attached hydrogens (primary N) is 1. The van der Waals surface area contributed by atoms with Gasteiger partial charge in [0.2, 0.25) is 0 Å². The van der Waals surface area contributed by atoms with Crippen LogP contribution in [-0.2, 0) is 9.47 Å². The third-order valence-corrected chi connectivity index (χ3v) is 1.46. The van der Waals surface area contributed by atoms with Crippen LogP contribution in [0.15, 0.2) is 12.8 Å². The van der Waals surface area contributed by atoms with Crippen LogP contribution in [0.25, 0.3) is 0 Å². The highest BCUT2D eigenvalue weighted by Gasteiger charge is 1.88. The third-order valence-electron chi connectivity index (χ3n) is 1.46. The summed E-state index contributed by atoms with van der Waals surface area (Å²) in [6.07, 6.45) is 4.76. The van der Waals surface area contributed by atoms with Crippen LogP contribution in [0.3, 0.4) is 0 Å². The van der Waals surface area contributed by atoms with Gasteiger partial charge in [0, 0.05) is 6.61 Å². The van der Waals surface area contributed by atoms with Gasteiger partial charge in [0.05, 0.1) is 12.9 Å². The van der Waals surface area contributed by atoms with Crippen molar-refractivity contribution < 1.29 is 9.47 Å². The van der Waals surface area contributed by atoms with Gasteiger partial charge in [0.25, 0.3) is 0 Å². The molecule has 72 valence electrons. The molecule has 12 heavy (non-hydrogen) atoms. The SMILES string of the molecule is C=COCCOCCCCCN. The Kier molecular flexibility index (Phi) is 9.99. The summed E-state index contributed by atoms with van der Waals surface area (Å²) >= 11 is 0. The molecule has 0 aliphatic carbocycles. The van der Waals surface area contributed by atoms with Crippen molar-refractivity contribution in [2.75, 3.05) is 26.4 Å². The van der Waals surface area contributed by atoms with E-state index in [4.69, 9.17) is 15.2 Å². The van der Waals surface area contributed by atoms with E-state index in [0.717, 1.165) is 32.4 Å². The number of rotatable bonds is 9. The van der Waals surface area contributed by atoms with E-state index in [-0.39, 0.29) is 0 Å². The summed E-state index contributed by atoms with van der Waals surface area (Å²) in [4.78, 5) is 0. The lowest BCUT2D eigenvalue weighted by atomic mass is 10.2. The van der Waals surface area contributed by atoms with Crippen LogP contribution in [0.5, 0.6) is 0 Å². The van der Waals surface area contributed by atoms with E-state index < -0.39 is 0 Å². The molecule has 0 aliphatic heterocycles. The predicted octanol–water partition coefficient (Wildman–Crippen LogP) is 1.29. The van der Waals surface area contributed by atoms with Gasteiger partial charge in [-0.15, -0.1) is 0 Å². The molecule has 0 saturated heterocycles. The lowest BCUT2D eigenvalue weighted by Crippen LogP contribution is -2.03. The van der Waals surface area contributed by atoms with E-state index in [1.165, 1.54) is 6.26 Å². The highest BCUT2D eigenvalue weighted by Crippen LogP contribution is 1.93. The quantitative estimate of drug-likeness (QED) is 0.422. The highest BCUT2D eigenvalue weighted by molar-refractivity contribution is 4.48. The lowest BCUT2D eigenvalue weighted by Gasteiger charge is -2.03. The van der Waals surface area contributed by atoms with Crippen molar-refractivity contribution in [1.29, 1.82) is 0 Å². The maximum absolute atomic E-state index is 5.34. The topological polar surface area (TPSA) is 44.5 Å². The van der Waals surface area contributed by atoms with Crippen molar-refractivity contribution in [3.05, 3.63) is 12.8 Å². The zero-order valence-electron chi connectivity index (χ0n) is 7.63. The summed E-state index contributed by atoms with van der Waals surface area (Å²) in [5, 5.41) is 0. The molecule has 0 spiro atoms. The van der Waals surface area contributed by atoms with Gasteiger partial charge >= 0.3 is 0 Å². The summed E-state index contributed by atoms with van der Waals surface area (Å²) in [5.74, 6) is 0. The fourth-order valence-electron chi connectivity index (χ4n) is 0.818. The Morgan fingerprint density at radius 1 is 1.08 bits per heavy atom. The molecule has 2 N–H and O–H groups in total. The predicted molar refractivity (Wildman–Crippen MR) is 49.9 cm³/mol. The van der Waals surface area contributed by atoms with E-state index >= 15 is 0 Å². The molecule has 0 aromatic rings. The standard InChI is InChI=1S/C9H19NO2/c1-2-11-8-9-12-7-5-3-4-6-10/h2H,1,3-10H2. The van der Waals surface area contributed by atoms with Crippen molar-refractivity contribution >= 4 is 0 Å². The van der Waals surface area contributed by atoms with E-state index in [9.17, 15) is 0 Å². The molecule has 0 radical (unpaired) electrons. The molecular weight excluding hydrogens is 154 g/mol. The molecule has 3 heteroatoms. The number of unbranched alkanes of at least 4 members (excludes halogenated alkanes) is 2. The second-order valence-electron chi connectivity index (χ2n) is 2.50. The van der Waals surface area contributed by atoms with Crippen LogP contribution in [-0.4, -0.2) is 26.4 Å². The number of ether oxygens (including phenoxy) is 2. The Balaban J connectivity index is 2.77. The Morgan fingerprint density at radius 3 is 2.58 bits per heavy atom. The first-order valence-corrected chi connectivity index (χ1v) is 4.42. The lowest BCUT2D eigenvalue weighted by molar-refractivity contribution is 0.0827. The van der Waals surface area contributed by atoms with Crippen molar-refractivity contribution in [3.8, 4) is 0 Å². The largest absolute Gasteiger partial charge is 0.499 e. The van der Waals surface area contributed by atoms with Crippen LogP contribution in [0.4, 0.5) is 0 Å². The monoisotopic (exact) mass is 173 g/mol. The average molecular weight is 173 g/mol. The van der Waals surface area contributed by atoms with Crippen LogP contribution >= 0.6 is 0 Å². The van der Waals surface area contributed by atoms with E-state index in [0.29, 0.717) is 13.2 Å². The molecule has 0 amide bonds. The van der Waals surface area contributed by atoms with Crippen molar-refractivity contribution in [2.24, 2.45) is 5.73 Å². The van der Waals surface area contributed by atoms with Crippen LogP contribution in [0, 0.1) is 0 Å². The molecule has 0 fully saturated rings. The Morgan fingerprint density at radius 2 is 1.92 bits per heavy atom. The van der Waals surface area contributed by atoms with Crippen molar-refractivity contribution in [2.45, 2.75) is 19.3 Å². The highest BCUT2D eigenvalue weighted by atomic mass is 16.5. The van der Waals surface area contributed by atoms with Crippen LogP contribution in [0.1, 0.15) is 19.3 Å². The Hall–Kier alpha value is -0.540. The normalized spacial score (nSPS) is 9.75. The second-order valence-corrected chi connectivity index (χ2v) is 2.50. The minimum Gasteiger partial charge on any atom is -0.499 e. The van der Waals surface area contributed by atoms with Crippen molar-refractivity contribution in [1.82, 2.24) is 0 Å². The average Bonchev–Trinajstić information content (AvgIpc) is 2.10. The molecule has 0 aromatic carbocycles. The zero-order chi connectivity index (χ0) is 9.07. The van der Waals surface area contributed by atoms with E-state index in [1.807, 2.05) is 0 Å². The third kappa shape index (κ3) is 9.46. The molecule has 0 atom stereocenters. The smallest absolute Gasteiger partial charge is 0.111 e. The van der Waals surface area contributed by atoms with Gasteiger partial charge < -0.3 is 15.2 Å². The van der Waals surface area contributed by atoms with E-state index in [2.05, 4.69) is 6.58 Å². The fourth-order valence-corrected chi connectivity index (χ4v) is 0.818. The van der Waals surface area contributed by atoms with Gasteiger partial charge in [-0.05, 0) is 25.8 Å². The van der Waals surface area contributed by atoms with Crippen LogP contribution < -0.4 is 5.73 Å². The summed E-state index contributed by atoms with van der Waals surface area (Å²) in [7, 11) is 0. The van der Waals surface area contributed by atoms with Gasteiger partial charge in [-0.3, -0.25) is 0 Å². The maximum Gasteiger partial charge on any atom is 0.111 e. The molecule has 0 rings (SSSR count). The van der Waals surface area contributed by atoms with Gasteiger partial charge in [0.15, 0.2) is 0 Å². The number of hydrogen-bond donors (Lipinski definition) is 1. The van der Waals surface area contributed by atoms with Crippen molar-refractivity contribution in [3.63, 3.8) is 0 Å². The minimum absolute atomic E-state index is 0.598. The first-order chi connectivity index (χ1) is 5.91. The summed E-state index contributed by atoms with van der Waals surface area (Å²) in [5.41, 5.74) is 5.34. The first kappa shape index (κ1) is 11.5. The van der Waals surface area contributed by atoms with Gasteiger partial charge in [0.1, 0.15) is 6.61 Å². The Bertz CT molecular complexity index is 96.5. The second kappa shape index (κ2) is 10.5. The summed E-state index contributed by atoms with van der Waals surface area (Å²) in [6, 6.07) is 0. The van der Waals surface area contributed by atoms with Crippen LogP contribution in [0.2, 0.25) is 0 Å². The molecule has 0 saturated carbocycles. The molecular formula is C9H19NO2. The molecule has 0 aliphatic rings. The van der Waals surface area contributed by atoms with Gasteiger partial charge in [-0.2, -0.15) is 0 Å². The molecule has 0 unspecified atom stereocenters. The summed E-state index contributed by atoms with van der Waals surface area (Å²) in [6.45, 7) is 6.26. The molecule has 0 bridgehead atoms. The minimum atomic E-state index is 0.598. The first-order valence-electron chi connectivity index (χ1n) is 4.42. The molecule has 0 aromatic heterocycles. The zero-order valence-corrected chi connectivity index (χ0v) is 7.63. The maximum atomic E-state index is 5.34. The molecule has 3 nitrogen and oxygen atoms in total. The van der Waals surface area contributed by atoms with E-state index in [1.54, 1.807) is 0 Å². The molecule has 0 heterocycles. The summed E-state index contributed by atoms with van der Waals surface area (Å²) < 4.78 is 10.1.